The maximum atomic E-state index is 13.5. The van der Waals surface area contributed by atoms with Crippen LogP contribution in [-0.4, -0.2) is 41.8 Å². The number of ether oxygens (including phenoxy) is 1. The van der Waals surface area contributed by atoms with E-state index >= 15 is 0 Å². The SMILES string of the molecule is COc1ccccc1CN(Cc1cccs1)C(=O)C1CCN(C(=O)c2ccco2)CC1. The van der Waals surface area contributed by atoms with Crippen LogP contribution in [-0.2, 0) is 17.9 Å². The maximum absolute atomic E-state index is 13.5. The van der Waals surface area contributed by atoms with Gasteiger partial charge in [0, 0.05) is 36.0 Å². The van der Waals surface area contributed by atoms with E-state index in [1.165, 1.54) is 6.26 Å². The first-order valence-electron chi connectivity index (χ1n) is 10.4. The van der Waals surface area contributed by atoms with E-state index in [2.05, 4.69) is 6.07 Å². The van der Waals surface area contributed by atoms with Crippen LogP contribution >= 0.6 is 11.3 Å². The molecule has 1 aliphatic rings. The number of furan rings is 1. The molecule has 0 atom stereocenters. The van der Waals surface area contributed by atoms with Crippen molar-refractivity contribution < 1.29 is 18.7 Å². The van der Waals surface area contributed by atoms with Gasteiger partial charge >= 0.3 is 0 Å². The van der Waals surface area contributed by atoms with Gasteiger partial charge in [0.2, 0.25) is 5.91 Å². The molecule has 0 saturated carbocycles. The fourth-order valence-electron chi connectivity index (χ4n) is 3.99. The number of rotatable bonds is 7. The first-order chi connectivity index (χ1) is 15.2. The number of hydrogen-bond donors (Lipinski definition) is 0. The Balaban J connectivity index is 1.45. The van der Waals surface area contributed by atoms with Crippen molar-refractivity contribution in [3.8, 4) is 5.75 Å². The van der Waals surface area contributed by atoms with Crippen molar-refractivity contribution in [1.29, 1.82) is 0 Å². The van der Waals surface area contributed by atoms with Crippen molar-refractivity contribution in [2.24, 2.45) is 5.92 Å². The van der Waals surface area contributed by atoms with Crippen LogP contribution in [0.1, 0.15) is 33.8 Å². The minimum Gasteiger partial charge on any atom is -0.496 e. The molecule has 3 heterocycles. The van der Waals surface area contributed by atoms with Gasteiger partial charge in [-0.15, -0.1) is 11.3 Å². The first kappa shape index (κ1) is 21.2. The second-order valence-electron chi connectivity index (χ2n) is 7.63. The summed E-state index contributed by atoms with van der Waals surface area (Å²) in [5.74, 6) is 1.05. The number of amides is 2. The summed E-state index contributed by atoms with van der Waals surface area (Å²) >= 11 is 1.65. The number of likely N-dealkylation sites (tertiary alicyclic amines) is 1. The number of nitrogens with zero attached hydrogens (tertiary/aromatic N) is 2. The fraction of sp³-hybridized carbons (Fsp3) is 0.333. The number of methoxy groups -OCH3 is 1. The summed E-state index contributed by atoms with van der Waals surface area (Å²) in [7, 11) is 1.65. The summed E-state index contributed by atoms with van der Waals surface area (Å²) in [5.41, 5.74) is 0.986. The monoisotopic (exact) mass is 438 g/mol. The Bertz CT molecular complexity index is 993. The van der Waals surface area contributed by atoms with Gasteiger partial charge in [-0.1, -0.05) is 24.3 Å². The molecular formula is C24H26N2O4S. The first-order valence-corrected chi connectivity index (χ1v) is 11.3. The average molecular weight is 439 g/mol. The molecule has 2 aromatic heterocycles. The van der Waals surface area contributed by atoms with Crippen LogP contribution in [0.5, 0.6) is 5.75 Å². The van der Waals surface area contributed by atoms with Crippen LogP contribution in [0.2, 0.25) is 0 Å². The highest BCUT2D eigenvalue weighted by Crippen LogP contribution is 2.26. The molecular weight excluding hydrogens is 412 g/mol. The van der Waals surface area contributed by atoms with Crippen LogP contribution < -0.4 is 4.74 Å². The van der Waals surface area contributed by atoms with E-state index in [-0.39, 0.29) is 17.7 Å². The number of para-hydroxylation sites is 1. The van der Waals surface area contributed by atoms with Gasteiger partial charge in [0.05, 0.1) is 19.9 Å². The largest absolute Gasteiger partial charge is 0.496 e. The molecule has 162 valence electrons. The molecule has 0 radical (unpaired) electrons. The lowest BCUT2D eigenvalue weighted by Crippen LogP contribution is -2.44. The minimum atomic E-state index is -0.111. The average Bonchev–Trinajstić information content (AvgIpc) is 3.53. The molecule has 0 N–H and O–H groups in total. The van der Waals surface area contributed by atoms with E-state index < -0.39 is 0 Å². The lowest BCUT2D eigenvalue weighted by Gasteiger charge is -2.34. The van der Waals surface area contributed by atoms with Gasteiger partial charge in [0.1, 0.15) is 5.75 Å². The third-order valence-corrected chi connectivity index (χ3v) is 6.52. The summed E-state index contributed by atoms with van der Waals surface area (Å²) in [5, 5.41) is 2.03. The van der Waals surface area contributed by atoms with E-state index in [1.807, 2.05) is 40.6 Å². The molecule has 3 aromatic rings. The van der Waals surface area contributed by atoms with Crippen LogP contribution in [0.4, 0.5) is 0 Å². The second-order valence-corrected chi connectivity index (χ2v) is 8.66. The lowest BCUT2D eigenvalue weighted by molar-refractivity contribution is -0.138. The second kappa shape index (κ2) is 9.83. The van der Waals surface area contributed by atoms with Crippen LogP contribution in [0, 0.1) is 5.92 Å². The molecule has 7 heteroatoms. The van der Waals surface area contributed by atoms with E-state index in [0.29, 0.717) is 44.8 Å². The quantitative estimate of drug-likeness (QED) is 0.547. The third kappa shape index (κ3) is 4.99. The Hall–Kier alpha value is -3.06. The van der Waals surface area contributed by atoms with E-state index in [4.69, 9.17) is 9.15 Å². The van der Waals surface area contributed by atoms with Crippen molar-refractivity contribution in [3.63, 3.8) is 0 Å². The predicted molar refractivity (Wildman–Crippen MR) is 119 cm³/mol. The molecule has 0 spiro atoms. The molecule has 0 unspecified atom stereocenters. The van der Waals surface area contributed by atoms with Crippen LogP contribution in [0.15, 0.2) is 64.6 Å². The number of hydrogen-bond acceptors (Lipinski definition) is 5. The van der Waals surface area contributed by atoms with Gasteiger partial charge in [-0.05, 0) is 42.5 Å². The van der Waals surface area contributed by atoms with Crippen molar-refractivity contribution >= 4 is 23.2 Å². The van der Waals surface area contributed by atoms with Gasteiger partial charge < -0.3 is 19.0 Å². The smallest absolute Gasteiger partial charge is 0.289 e. The zero-order chi connectivity index (χ0) is 21.6. The summed E-state index contributed by atoms with van der Waals surface area (Å²) in [4.78, 5) is 30.9. The summed E-state index contributed by atoms with van der Waals surface area (Å²) in [6.07, 6.45) is 2.81. The van der Waals surface area contributed by atoms with Crippen LogP contribution in [0.25, 0.3) is 0 Å². The molecule has 1 aliphatic heterocycles. The van der Waals surface area contributed by atoms with Crippen molar-refractivity contribution in [2.75, 3.05) is 20.2 Å². The summed E-state index contributed by atoms with van der Waals surface area (Å²) in [6.45, 7) is 2.17. The van der Waals surface area contributed by atoms with E-state index in [0.717, 1.165) is 16.2 Å². The van der Waals surface area contributed by atoms with E-state index in [1.54, 1.807) is 35.5 Å². The summed E-state index contributed by atoms with van der Waals surface area (Å²) < 4.78 is 10.7. The number of carbonyl (C=O) groups is 2. The highest BCUT2D eigenvalue weighted by molar-refractivity contribution is 7.09. The third-order valence-electron chi connectivity index (χ3n) is 5.66. The van der Waals surface area contributed by atoms with Crippen molar-refractivity contribution in [2.45, 2.75) is 25.9 Å². The Morgan fingerprint density at radius 3 is 2.58 bits per heavy atom. The topological polar surface area (TPSA) is 63.0 Å². The Labute approximate surface area is 186 Å². The molecule has 6 nitrogen and oxygen atoms in total. The molecule has 0 bridgehead atoms. The minimum absolute atomic E-state index is 0.102. The van der Waals surface area contributed by atoms with Gasteiger partial charge in [0.15, 0.2) is 5.76 Å². The lowest BCUT2D eigenvalue weighted by atomic mass is 9.94. The zero-order valence-corrected chi connectivity index (χ0v) is 18.3. The molecule has 4 rings (SSSR count). The van der Waals surface area contributed by atoms with Gasteiger partial charge in [0.25, 0.3) is 5.91 Å². The molecule has 31 heavy (non-hydrogen) atoms. The predicted octanol–water partition coefficient (Wildman–Crippen LogP) is 4.43. The molecule has 0 aliphatic carbocycles. The normalized spacial score (nSPS) is 14.4. The molecule has 1 fully saturated rings. The Morgan fingerprint density at radius 2 is 1.90 bits per heavy atom. The fourth-order valence-corrected chi connectivity index (χ4v) is 4.70. The Morgan fingerprint density at radius 1 is 1.10 bits per heavy atom. The van der Waals surface area contributed by atoms with Crippen LogP contribution in [0.3, 0.4) is 0 Å². The number of thiophene rings is 1. The highest BCUT2D eigenvalue weighted by Gasteiger charge is 2.31. The standard InChI is InChI=1S/C24H26N2O4S/c1-29-21-8-3-2-6-19(21)16-26(17-20-7-5-15-31-20)23(27)18-10-12-25(13-11-18)24(28)22-9-4-14-30-22/h2-9,14-15,18H,10-13,16-17H2,1H3. The van der Waals surface area contributed by atoms with E-state index in [9.17, 15) is 9.59 Å². The number of benzene rings is 1. The van der Waals surface area contributed by atoms with Gasteiger partial charge in [-0.25, -0.2) is 0 Å². The summed E-state index contributed by atoms with van der Waals surface area (Å²) in [6, 6.07) is 15.3. The number of carbonyl (C=O) groups excluding carboxylic acids is 2. The zero-order valence-electron chi connectivity index (χ0n) is 17.5. The Kier molecular flexibility index (Phi) is 6.72. The maximum Gasteiger partial charge on any atom is 0.289 e. The number of piperidine rings is 1. The van der Waals surface area contributed by atoms with Gasteiger partial charge in [-0.3, -0.25) is 9.59 Å². The molecule has 1 aromatic carbocycles. The molecule has 2 amide bonds. The highest BCUT2D eigenvalue weighted by atomic mass is 32.1. The van der Waals surface area contributed by atoms with Crippen molar-refractivity contribution in [3.05, 3.63) is 76.4 Å². The van der Waals surface area contributed by atoms with Crippen molar-refractivity contribution in [1.82, 2.24) is 9.80 Å². The molecule has 1 saturated heterocycles. The van der Waals surface area contributed by atoms with Gasteiger partial charge in [-0.2, -0.15) is 0 Å².